The maximum Gasteiger partial charge on any atom is 0.311 e. The minimum absolute atomic E-state index is 0.0939. The maximum absolute atomic E-state index is 11.0. The van der Waals surface area contributed by atoms with Gasteiger partial charge in [0, 0.05) is 36.3 Å². The van der Waals surface area contributed by atoms with Crippen molar-refractivity contribution in [1.82, 2.24) is 9.97 Å². The van der Waals surface area contributed by atoms with E-state index >= 15 is 0 Å². The van der Waals surface area contributed by atoms with Crippen molar-refractivity contribution in [2.45, 2.75) is 0 Å². The van der Waals surface area contributed by atoms with E-state index in [2.05, 4.69) is 15.3 Å². The van der Waals surface area contributed by atoms with Gasteiger partial charge in [-0.2, -0.15) is 0 Å². The van der Waals surface area contributed by atoms with E-state index in [1.807, 2.05) is 6.07 Å². The predicted octanol–water partition coefficient (Wildman–Crippen LogP) is 3.92. The first-order valence-electron chi connectivity index (χ1n) is 6.78. The number of nitro groups is 1. The largest absolute Gasteiger partial charge is 0.439 e. The average molecular weight is 308 g/mol. The standard InChI is InChI=1S/C16H12N4O3/c21-20(22)14-7-4-10-18-16(14)19-12-5-3-6-13(11-12)23-15-8-1-2-9-17-15/h1-11H,(H,18,19). The van der Waals surface area contributed by atoms with Crippen molar-refractivity contribution in [1.29, 1.82) is 0 Å². The van der Waals surface area contributed by atoms with Gasteiger partial charge in [0.2, 0.25) is 11.7 Å². The molecule has 7 heteroatoms. The Labute approximate surface area is 131 Å². The molecule has 0 saturated carbocycles. The molecule has 0 unspecified atom stereocenters. The number of aromatic nitrogens is 2. The van der Waals surface area contributed by atoms with Crippen molar-refractivity contribution in [3.05, 3.63) is 77.1 Å². The molecule has 0 bridgehead atoms. The Balaban J connectivity index is 1.82. The number of nitrogens with one attached hydrogen (secondary N) is 1. The predicted molar refractivity (Wildman–Crippen MR) is 84.9 cm³/mol. The van der Waals surface area contributed by atoms with E-state index in [1.54, 1.807) is 42.6 Å². The number of rotatable bonds is 5. The van der Waals surface area contributed by atoms with Crippen LogP contribution in [0.4, 0.5) is 17.2 Å². The van der Waals surface area contributed by atoms with Gasteiger partial charge in [-0.3, -0.25) is 10.1 Å². The molecule has 0 saturated heterocycles. The highest BCUT2D eigenvalue weighted by Gasteiger charge is 2.14. The molecule has 2 heterocycles. The zero-order chi connectivity index (χ0) is 16.1. The molecule has 0 spiro atoms. The van der Waals surface area contributed by atoms with Crippen molar-refractivity contribution >= 4 is 17.2 Å². The summed E-state index contributed by atoms with van der Waals surface area (Å²) >= 11 is 0. The number of nitrogens with zero attached hydrogens (tertiary/aromatic N) is 3. The van der Waals surface area contributed by atoms with Crippen LogP contribution in [0.15, 0.2) is 67.0 Å². The summed E-state index contributed by atoms with van der Waals surface area (Å²) < 4.78 is 5.63. The third-order valence-corrected chi connectivity index (χ3v) is 2.94. The third-order valence-electron chi connectivity index (χ3n) is 2.94. The van der Waals surface area contributed by atoms with E-state index in [9.17, 15) is 10.1 Å². The van der Waals surface area contributed by atoms with Crippen molar-refractivity contribution in [2.24, 2.45) is 0 Å². The second kappa shape index (κ2) is 6.52. The minimum Gasteiger partial charge on any atom is -0.439 e. The van der Waals surface area contributed by atoms with Crippen LogP contribution < -0.4 is 10.1 Å². The van der Waals surface area contributed by atoms with Crippen LogP contribution in [-0.4, -0.2) is 14.9 Å². The number of hydrogen-bond donors (Lipinski definition) is 1. The van der Waals surface area contributed by atoms with Gasteiger partial charge in [-0.05, 0) is 24.3 Å². The van der Waals surface area contributed by atoms with Gasteiger partial charge in [0.1, 0.15) is 5.75 Å². The summed E-state index contributed by atoms with van der Waals surface area (Å²) in [5.74, 6) is 1.20. The number of pyridine rings is 2. The summed E-state index contributed by atoms with van der Waals surface area (Å²) in [6.45, 7) is 0. The quantitative estimate of drug-likeness (QED) is 0.567. The Morgan fingerprint density at radius 3 is 2.65 bits per heavy atom. The van der Waals surface area contributed by atoms with Crippen LogP contribution in [0.2, 0.25) is 0 Å². The second-order valence-corrected chi connectivity index (χ2v) is 4.55. The monoisotopic (exact) mass is 308 g/mol. The molecule has 0 aliphatic carbocycles. The normalized spacial score (nSPS) is 10.1. The zero-order valence-electron chi connectivity index (χ0n) is 11.9. The fourth-order valence-electron chi connectivity index (χ4n) is 1.94. The van der Waals surface area contributed by atoms with Gasteiger partial charge in [-0.1, -0.05) is 12.1 Å². The van der Waals surface area contributed by atoms with Crippen molar-refractivity contribution in [2.75, 3.05) is 5.32 Å². The number of ether oxygens (including phenoxy) is 1. The average Bonchev–Trinajstić information content (AvgIpc) is 2.56. The topological polar surface area (TPSA) is 90.2 Å². The van der Waals surface area contributed by atoms with Gasteiger partial charge in [0.25, 0.3) is 0 Å². The first kappa shape index (κ1) is 14.5. The molecule has 1 aromatic carbocycles. The van der Waals surface area contributed by atoms with E-state index in [0.29, 0.717) is 17.3 Å². The molecule has 0 amide bonds. The molecule has 7 nitrogen and oxygen atoms in total. The Hall–Kier alpha value is -3.48. The van der Waals surface area contributed by atoms with E-state index in [-0.39, 0.29) is 11.5 Å². The molecule has 3 aromatic rings. The van der Waals surface area contributed by atoms with Crippen LogP contribution in [0.1, 0.15) is 0 Å². The lowest BCUT2D eigenvalue weighted by molar-refractivity contribution is -0.384. The highest BCUT2D eigenvalue weighted by Crippen LogP contribution is 2.27. The minimum atomic E-state index is -0.483. The summed E-state index contributed by atoms with van der Waals surface area (Å²) in [5, 5.41) is 13.9. The van der Waals surface area contributed by atoms with Crippen LogP contribution in [0.25, 0.3) is 0 Å². The fraction of sp³-hybridized carbons (Fsp3) is 0. The summed E-state index contributed by atoms with van der Waals surface area (Å²) in [6.07, 6.45) is 3.12. The molecule has 0 atom stereocenters. The number of benzene rings is 1. The maximum atomic E-state index is 11.0. The zero-order valence-corrected chi connectivity index (χ0v) is 11.9. The van der Waals surface area contributed by atoms with Crippen molar-refractivity contribution in [3.63, 3.8) is 0 Å². The van der Waals surface area contributed by atoms with Crippen LogP contribution in [-0.2, 0) is 0 Å². The molecule has 3 rings (SSSR count). The molecule has 2 aromatic heterocycles. The molecule has 1 N–H and O–H groups in total. The first-order valence-corrected chi connectivity index (χ1v) is 6.78. The van der Waals surface area contributed by atoms with E-state index in [0.717, 1.165) is 0 Å². The summed E-state index contributed by atoms with van der Waals surface area (Å²) in [5.41, 5.74) is 0.531. The molecular weight excluding hydrogens is 296 g/mol. The summed E-state index contributed by atoms with van der Waals surface area (Å²) in [6, 6.07) is 15.3. The smallest absolute Gasteiger partial charge is 0.311 e. The first-order chi connectivity index (χ1) is 11.2. The van der Waals surface area contributed by atoms with E-state index in [1.165, 1.54) is 18.3 Å². The Bertz CT molecular complexity index is 824. The van der Waals surface area contributed by atoms with Gasteiger partial charge in [0.15, 0.2) is 0 Å². The van der Waals surface area contributed by atoms with Crippen molar-refractivity contribution < 1.29 is 9.66 Å². The molecule has 23 heavy (non-hydrogen) atoms. The van der Waals surface area contributed by atoms with Crippen LogP contribution >= 0.6 is 0 Å². The van der Waals surface area contributed by atoms with Gasteiger partial charge < -0.3 is 10.1 Å². The fourth-order valence-corrected chi connectivity index (χ4v) is 1.94. The van der Waals surface area contributed by atoms with Crippen LogP contribution in [0.5, 0.6) is 11.6 Å². The molecule has 0 radical (unpaired) electrons. The molecule has 0 aliphatic heterocycles. The summed E-state index contributed by atoms with van der Waals surface area (Å²) in [7, 11) is 0. The summed E-state index contributed by atoms with van der Waals surface area (Å²) in [4.78, 5) is 18.6. The number of hydrogen-bond acceptors (Lipinski definition) is 6. The van der Waals surface area contributed by atoms with Crippen LogP contribution in [0, 0.1) is 10.1 Å². The molecule has 0 fully saturated rings. The van der Waals surface area contributed by atoms with Crippen LogP contribution in [0.3, 0.4) is 0 Å². The Kier molecular flexibility index (Phi) is 4.10. The van der Waals surface area contributed by atoms with Gasteiger partial charge in [-0.15, -0.1) is 0 Å². The lowest BCUT2D eigenvalue weighted by atomic mass is 10.3. The molecule has 0 aliphatic rings. The lowest BCUT2D eigenvalue weighted by Crippen LogP contribution is -1.99. The van der Waals surface area contributed by atoms with E-state index in [4.69, 9.17) is 4.74 Å². The highest BCUT2D eigenvalue weighted by atomic mass is 16.6. The van der Waals surface area contributed by atoms with Gasteiger partial charge in [-0.25, -0.2) is 9.97 Å². The molecule has 114 valence electrons. The number of anilines is 2. The van der Waals surface area contributed by atoms with Gasteiger partial charge >= 0.3 is 5.69 Å². The SMILES string of the molecule is O=[N+]([O-])c1cccnc1Nc1cccc(Oc2ccccn2)c1. The van der Waals surface area contributed by atoms with E-state index < -0.39 is 4.92 Å². The second-order valence-electron chi connectivity index (χ2n) is 4.55. The van der Waals surface area contributed by atoms with Gasteiger partial charge in [0.05, 0.1) is 4.92 Å². The lowest BCUT2D eigenvalue weighted by Gasteiger charge is -2.08. The third kappa shape index (κ3) is 3.59. The van der Waals surface area contributed by atoms with Crippen molar-refractivity contribution in [3.8, 4) is 11.6 Å². The highest BCUT2D eigenvalue weighted by molar-refractivity contribution is 5.66. The Morgan fingerprint density at radius 2 is 1.87 bits per heavy atom. The Morgan fingerprint density at radius 1 is 1.00 bits per heavy atom. The molecular formula is C16H12N4O3.